The van der Waals surface area contributed by atoms with E-state index >= 15 is 0 Å². The van der Waals surface area contributed by atoms with Crippen LogP contribution in [0.2, 0.25) is 0 Å². The van der Waals surface area contributed by atoms with Crippen LogP contribution in [0.1, 0.15) is 31.7 Å². The second-order valence-electron chi connectivity index (χ2n) is 5.88. The van der Waals surface area contributed by atoms with E-state index in [0.717, 1.165) is 24.0 Å². The number of benzene rings is 1. The molecule has 3 nitrogen and oxygen atoms in total. The number of hydrogen-bond acceptors (Lipinski definition) is 4. The fraction of sp³-hybridized carbons (Fsp3) is 0.667. The maximum absolute atomic E-state index is 6.11. The molecule has 1 aromatic carbocycles. The number of ether oxygens (including phenoxy) is 2. The largest absolute Gasteiger partial charge is 0.491 e. The summed E-state index contributed by atoms with van der Waals surface area (Å²) in [5, 5.41) is 0. The van der Waals surface area contributed by atoms with Gasteiger partial charge in [0.1, 0.15) is 18.5 Å². The number of likely N-dealkylation sites (tertiary alicyclic amines) is 1. The number of thioether (sulfide) groups is 1. The fourth-order valence-corrected chi connectivity index (χ4v) is 3.21. The summed E-state index contributed by atoms with van der Waals surface area (Å²) in [6, 6.07) is 8.23. The Morgan fingerprint density at radius 1 is 1.14 bits per heavy atom. The van der Waals surface area contributed by atoms with Crippen molar-refractivity contribution in [1.29, 1.82) is 0 Å². The molecule has 124 valence electrons. The van der Waals surface area contributed by atoms with Crippen LogP contribution in [0.15, 0.2) is 24.3 Å². The molecule has 1 aromatic rings. The first-order valence-electron chi connectivity index (χ1n) is 8.39. The highest BCUT2D eigenvalue weighted by Crippen LogP contribution is 2.15. The van der Waals surface area contributed by atoms with Crippen molar-refractivity contribution in [2.75, 3.05) is 37.9 Å². The summed E-state index contributed by atoms with van der Waals surface area (Å²) in [6.07, 6.45) is 4.13. The Bertz CT molecular complexity index is 404. The third kappa shape index (κ3) is 6.59. The summed E-state index contributed by atoms with van der Waals surface area (Å²) in [7, 11) is 0. The first kappa shape index (κ1) is 17.6. The average molecular weight is 324 g/mol. The van der Waals surface area contributed by atoms with Crippen LogP contribution < -0.4 is 4.74 Å². The number of rotatable bonds is 9. The summed E-state index contributed by atoms with van der Waals surface area (Å²) in [4.78, 5) is 2.42. The molecule has 0 bridgehead atoms. The lowest BCUT2D eigenvalue weighted by atomic mass is 10.1. The number of piperidine rings is 1. The molecule has 0 spiro atoms. The maximum atomic E-state index is 6.11. The fourth-order valence-electron chi connectivity index (χ4n) is 2.52. The van der Waals surface area contributed by atoms with Gasteiger partial charge in [0.25, 0.3) is 0 Å². The molecule has 2 rings (SSSR count). The van der Waals surface area contributed by atoms with Gasteiger partial charge in [0.15, 0.2) is 0 Å². The Morgan fingerprint density at radius 2 is 1.86 bits per heavy atom. The van der Waals surface area contributed by atoms with Crippen molar-refractivity contribution in [3.05, 3.63) is 29.8 Å². The SMILES string of the molecule is CCSCC(COc1ccc(C)cc1)OCN1CCCCC1. The Morgan fingerprint density at radius 3 is 2.55 bits per heavy atom. The van der Waals surface area contributed by atoms with Crippen molar-refractivity contribution >= 4 is 11.8 Å². The van der Waals surface area contributed by atoms with E-state index < -0.39 is 0 Å². The first-order valence-corrected chi connectivity index (χ1v) is 9.54. The van der Waals surface area contributed by atoms with Crippen molar-refractivity contribution in [3.8, 4) is 5.75 Å². The molecule has 0 amide bonds. The minimum Gasteiger partial charge on any atom is -0.491 e. The second kappa shape index (κ2) is 10.1. The second-order valence-corrected chi connectivity index (χ2v) is 7.20. The molecule has 1 aliphatic heterocycles. The van der Waals surface area contributed by atoms with E-state index in [1.807, 2.05) is 23.9 Å². The van der Waals surface area contributed by atoms with Crippen LogP contribution in [0.25, 0.3) is 0 Å². The van der Waals surface area contributed by atoms with E-state index in [0.29, 0.717) is 6.61 Å². The van der Waals surface area contributed by atoms with Crippen molar-refractivity contribution in [2.24, 2.45) is 0 Å². The Kier molecular flexibility index (Phi) is 8.13. The molecule has 1 unspecified atom stereocenters. The van der Waals surface area contributed by atoms with Gasteiger partial charge in [-0.2, -0.15) is 11.8 Å². The third-order valence-corrected chi connectivity index (χ3v) is 4.92. The number of hydrogen-bond donors (Lipinski definition) is 0. The van der Waals surface area contributed by atoms with Gasteiger partial charge in [-0.1, -0.05) is 31.0 Å². The summed E-state index contributed by atoms with van der Waals surface area (Å²) in [5.74, 6) is 3.04. The monoisotopic (exact) mass is 323 g/mol. The molecule has 1 saturated heterocycles. The van der Waals surface area contributed by atoms with Crippen LogP contribution in [0.5, 0.6) is 5.75 Å². The van der Waals surface area contributed by atoms with Crippen molar-refractivity contribution in [3.63, 3.8) is 0 Å². The third-order valence-electron chi connectivity index (χ3n) is 3.91. The molecule has 4 heteroatoms. The van der Waals surface area contributed by atoms with Crippen LogP contribution in [0.4, 0.5) is 0 Å². The van der Waals surface area contributed by atoms with Gasteiger partial charge in [-0.15, -0.1) is 0 Å². The van der Waals surface area contributed by atoms with Gasteiger partial charge in [-0.3, -0.25) is 4.90 Å². The molecule has 0 N–H and O–H groups in total. The topological polar surface area (TPSA) is 21.7 Å². The lowest BCUT2D eigenvalue weighted by molar-refractivity contribution is -0.0352. The Hall–Kier alpha value is -0.710. The summed E-state index contributed by atoms with van der Waals surface area (Å²) >= 11 is 1.92. The maximum Gasteiger partial charge on any atom is 0.119 e. The van der Waals surface area contributed by atoms with E-state index in [4.69, 9.17) is 9.47 Å². The van der Waals surface area contributed by atoms with Gasteiger partial charge >= 0.3 is 0 Å². The zero-order valence-electron chi connectivity index (χ0n) is 13.9. The molecule has 1 atom stereocenters. The highest BCUT2D eigenvalue weighted by molar-refractivity contribution is 7.99. The van der Waals surface area contributed by atoms with Crippen molar-refractivity contribution in [2.45, 2.75) is 39.2 Å². The summed E-state index contributed by atoms with van der Waals surface area (Å²) in [6.45, 7) is 7.99. The van der Waals surface area contributed by atoms with Crippen LogP contribution in [-0.2, 0) is 4.74 Å². The lowest BCUT2D eigenvalue weighted by Gasteiger charge is -2.28. The number of nitrogens with zero attached hydrogens (tertiary/aromatic N) is 1. The molecule has 1 aliphatic rings. The first-order chi connectivity index (χ1) is 10.8. The summed E-state index contributed by atoms with van der Waals surface area (Å²) < 4.78 is 12.0. The quantitative estimate of drug-likeness (QED) is 0.686. The van der Waals surface area contributed by atoms with Gasteiger partial charge in [-0.05, 0) is 37.7 Å². The van der Waals surface area contributed by atoms with E-state index in [9.17, 15) is 0 Å². The van der Waals surface area contributed by atoms with Gasteiger partial charge in [0.05, 0.1) is 6.73 Å². The zero-order chi connectivity index (χ0) is 15.6. The molecule has 1 heterocycles. The van der Waals surface area contributed by atoms with Gasteiger partial charge in [-0.25, -0.2) is 0 Å². The van der Waals surface area contributed by atoms with E-state index in [1.54, 1.807) is 0 Å². The van der Waals surface area contributed by atoms with Crippen molar-refractivity contribution in [1.82, 2.24) is 4.90 Å². The molecule has 0 saturated carbocycles. The minimum absolute atomic E-state index is 0.160. The normalized spacial score (nSPS) is 17.4. The smallest absolute Gasteiger partial charge is 0.119 e. The molecular weight excluding hydrogens is 294 g/mol. The standard InChI is InChI=1S/C18H29NO2S/c1-3-22-14-18(21-15-19-11-5-4-6-12-19)13-20-17-9-7-16(2)8-10-17/h7-10,18H,3-6,11-15H2,1-2H3. The lowest BCUT2D eigenvalue weighted by Crippen LogP contribution is -2.36. The summed E-state index contributed by atoms with van der Waals surface area (Å²) in [5.41, 5.74) is 1.26. The predicted molar refractivity (Wildman–Crippen MR) is 94.8 cm³/mol. The van der Waals surface area contributed by atoms with Crippen LogP contribution in [-0.4, -0.2) is 48.9 Å². The molecule has 0 radical (unpaired) electrons. The highest BCUT2D eigenvalue weighted by Gasteiger charge is 2.15. The van der Waals surface area contributed by atoms with Crippen molar-refractivity contribution < 1.29 is 9.47 Å². The van der Waals surface area contributed by atoms with Gasteiger partial charge < -0.3 is 9.47 Å². The van der Waals surface area contributed by atoms with E-state index in [-0.39, 0.29) is 6.10 Å². The Balaban J connectivity index is 1.75. The predicted octanol–water partition coefficient (Wildman–Crippen LogP) is 3.96. The average Bonchev–Trinajstić information content (AvgIpc) is 2.56. The van der Waals surface area contributed by atoms with Crippen LogP contribution in [0.3, 0.4) is 0 Å². The number of aryl methyl sites for hydroxylation is 1. The molecule has 1 fully saturated rings. The molecule has 0 aliphatic carbocycles. The van der Waals surface area contributed by atoms with Crippen LogP contribution in [0, 0.1) is 6.92 Å². The van der Waals surface area contributed by atoms with Crippen LogP contribution >= 0.6 is 11.8 Å². The minimum atomic E-state index is 0.160. The van der Waals surface area contributed by atoms with Gasteiger partial charge in [0.2, 0.25) is 0 Å². The molecular formula is C18H29NO2S. The van der Waals surface area contributed by atoms with E-state index in [2.05, 4.69) is 30.9 Å². The molecule has 22 heavy (non-hydrogen) atoms. The Labute approximate surface area is 139 Å². The highest BCUT2D eigenvalue weighted by atomic mass is 32.2. The molecule has 0 aromatic heterocycles. The van der Waals surface area contributed by atoms with E-state index in [1.165, 1.54) is 37.9 Å². The zero-order valence-corrected chi connectivity index (χ0v) is 14.7. The van der Waals surface area contributed by atoms with Gasteiger partial charge in [0, 0.05) is 18.8 Å².